The van der Waals surface area contributed by atoms with Crippen molar-refractivity contribution in [3.05, 3.63) is 72.3 Å². The first-order valence-corrected chi connectivity index (χ1v) is 10.1. The maximum atomic E-state index is 9.82. The molecule has 4 nitrogen and oxygen atoms in total. The quantitative estimate of drug-likeness (QED) is 0.274. The van der Waals surface area contributed by atoms with Crippen molar-refractivity contribution in [1.82, 2.24) is 0 Å². The Bertz CT molecular complexity index is 1730. The van der Waals surface area contributed by atoms with Gasteiger partial charge in [0.05, 0.1) is 0 Å². The number of aromatic hydroxyl groups is 2. The first kappa shape index (κ1) is 16.6. The first-order valence-electron chi connectivity index (χ1n) is 10.1. The second-order valence-corrected chi connectivity index (χ2v) is 8.22. The lowest BCUT2D eigenvalue weighted by molar-refractivity contribution is 0.475. The van der Waals surface area contributed by atoms with E-state index in [-0.39, 0.29) is 11.5 Å². The Balaban J connectivity index is 1.63. The van der Waals surface area contributed by atoms with Crippen LogP contribution in [0.25, 0.3) is 65.4 Å². The van der Waals surface area contributed by atoms with Gasteiger partial charge in [-0.2, -0.15) is 0 Å². The summed E-state index contributed by atoms with van der Waals surface area (Å²) in [5.41, 5.74) is 4.15. The van der Waals surface area contributed by atoms with Crippen molar-refractivity contribution in [3.8, 4) is 11.5 Å². The van der Waals surface area contributed by atoms with Crippen molar-refractivity contribution in [2.45, 2.75) is 6.92 Å². The minimum absolute atomic E-state index is 0.240. The second-order valence-electron chi connectivity index (χ2n) is 8.22. The molecule has 0 unspecified atom stereocenters. The smallest absolute Gasteiger partial charge is 0.142 e. The summed E-state index contributed by atoms with van der Waals surface area (Å²) in [6.07, 6.45) is 0. The summed E-state index contributed by atoms with van der Waals surface area (Å²) in [5.74, 6) is 0.479. The normalized spacial score (nSPS) is 12.3. The molecular formula is C27H16O4. The van der Waals surface area contributed by atoms with Gasteiger partial charge in [-0.3, -0.25) is 0 Å². The van der Waals surface area contributed by atoms with Crippen LogP contribution in [0.4, 0.5) is 0 Å². The SMILES string of the molecule is Cc1c2oc3cc4cc(O)ccc4cc3c2cc2c1oc1cc3cc(O)ccc3cc12. The maximum absolute atomic E-state index is 9.82. The highest BCUT2D eigenvalue weighted by atomic mass is 16.3. The van der Waals surface area contributed by atoms with Crippen molar-refractivity contribution in [3.63, 3.8) is 0 Å². The van der Waals surface area contributed by atoms with Crippen molar-refractivity contribution in [2.75, 3.05) is 0 Å². The van der Waals surface area contributed by atoms with Gasteiger partial charge in [-0.1, -0.05) is 12.1 Å². The van der Waals surface area contributed by atoms with Crippen LogP contribution in [0, 0.1) is 6.92 Å². The molecule has 0 atom stereocenters. The van der Waals surface area contributed by atoms with E-state index in [9.17, 15) is 10.2 Å². The van der Waals surface area contributed by atoms with Gasteiger partial charge in [0, 0.05) is 27.1 Å². The molecule has 7 rings (SSSR count). The lowest BCUT2D eigenvalue weighted by atomic mass is 10.0. The second kappa shape index (κ2) is 5.49. The van der Waals surface area contributed by atoms with Crippen LogP contribution in [0.1, 0.15) is 5.56 Å². The van der Waals surface area contributed by atoms with Gasteiger partial charge in [0.1, 0.15) is 33.8 Å². The first-order chi connectivity index (χ1) is 15.0. The van der Waals surface area contributed by atoms with Crippen molar-refractivity contribution in [1.29, 1.82) is 0 Å². The molecule has 31 heavy (non-hydrogen) atoms. The van der Waals surface area contributed by atoms with Crippen molar-refractivity contribution >= 4 is 65.4 Å². The summed E-state index contributed by atoms with van der Waals surface area (Å²) in [7, 11) is 0. The fraction of sp³-hybridized carbons (Fsp3) is 0.0370. The average Bonchev–Trinajstić information content (AvgIpc) is 3.29. The number of aryl methyl sites for hydroxylation is 1. The molecule has 0 spiro atoms. The number of furan rings is 2. The predicted molar refractivity (Wildman–Crippen MR) is 124 cm³/mol. The summed E-state index contributed by atoms with van der Waals surface area (Å²) in [5, 5.41) is 27.8. The van der Waals surface area contributed by atoms with Crippen LogP contribution in [0.5, 0.6) is 11.5 Å². The van der Waals surface area contributed by atoms with E-state index in [4.69, 9.17) is 8.83 Å². The molecule has 5 aromatic carbocycles. The molecule has 0 saturated heterocycles. The average molecular weight is 404 g/mol. The lowest BCUT2D eigenvalue weighted by Gasteiger charge is -2.00. The molecule has 4 heteroatoms. The van der Waals surface area contributed by atoms with Gasteiger partial charge in [-0.05, 0) is 83.1 Å². The van der Waals surface area contributed by atoms with Gasteiger partial charge in [0.2, 0.25) is 0 Å². The molecule has 2 N–H and O–H groups in total. The monoisotopic (exact) mass is 404 g/mol. The fourth-order valence-electron chi connectivity index (χ4n) is 4.78. The topological polar surface area (TPSA) is 66.7 Å². The Morgan fingerprint density at radius 2 is 1.00 bits per heavy atom. The molecule has 0 aliphatic rings. The van der Waals surface area contributed by atoms with Crippen LogP contribution in [-0.4, -0.2) is 10.2 Å². The Labute approximate surface area is 175 Å². The zero-order chi connectivity index (χ0) is 20.9. The van der Waals surface area contributed by atoms with E-state index in [0.717, 1.165) is 71.0 Å². The van der Waals surface area contributed by atoms with Gasteiger partial charge in [0.15, 0.2) is 0 Å². The van der Waals surface area contributed by atoms with E-state index in [1.165, 1.54) is 0 Å². The molecule has 148 valence electrons. The van der Waals surface area contributed by atoms with Crippen LogP contribution >= 0.6 is 0 Å². The minimum atomic E-state index is 0.240. The summed E-state index contributed by atoms with van der Waals surface area (Å²) in [6, 6.07) is 21.1. The van der Waals surface area contributed by atoms with E-state index in [0.29, 0.717) is 0 Å². The number of fused-ring (bicyclic) bond motifs is 8. The zero-order valence-corrected chi connectivity index (χ0v) is 16.6. The number of phenols is 2. The standard InChI is InChI=1S/C27H16O4/c1-13-26-22(20-8-14-2-4-18(28)6-16(14)10-24(20)30-26)12-23-21-9-15-3-5-19(29)7-17(15)11-25(21)31-27(13)23/h2-12,28-29H,1H3. The third-order valence-corrected chi connectivity index (χ3v) is 6.31. The van der Waals surface area contributed by atoms with Gasteiger partial charge in [-0.15, -0.1) is 0 Å². The molecule has 0 amide bonds. The Kier molecular flexibility index (Phi) is 2.94. The van der Waals surface area contributed by atoms with Gasteiger partial charge in [0.25, 0.3) is 0 Å². The number of phenolic OH excluding ortho intramolecular Hbond substituents is 2. The van der Waals surface area contributed by atoms with Crippen LogP contribution in [0.2, 0.25) is 0 Å². The molecule has 0 aliphatic carbocycles. The molecular weight excluding hydrogens is 388 g/mol. The zero-order valence-electron chi connectivity index (χ0n) is 16.6. The van der Waals surface area contributed by atoms with Gasteiger partial charge < -0.3 is 19.0 Å². The summed E-state index contributed by atoms with van der Waals surface area (Å²) in [4.78, 5) is 0. The molecule has 2 aromatic heterocycles. The highest BCUT2D eigenvalue weighted by Crippen LogP contribution is 2.41. The fourth-order valence-corrected chi connectivity index (χ4v) is 4.78. The molecule has 0 radical (unpaired) electrons. The highest BCUT2D eigenvalue weighted by Gasteiger charge is 2.18. The molecule has 0 bridgehead atoms. The number of hydrogen-bond acceptors (Lipinski definition) is 4. The third kappa shape index (κ3) is 2.19. The maximum Gasteiger partial charge on any atom is 0.142 e. The van der Waals surface area contributed by atoms with Gasteiger partial charge in [-0.25, -0.2) is 0 Å². The predicted octanol–water partition coefficient (Wildman–Crippen LogP) is 7.51. The van der Waals surface area contributed by atoms with E-state index in [2.05, 4.69) is 18.2 Å². The van der Waals surface area contributed by atoms with Crippen LogP contribution in [0.3, 0.4) is 0 Å². The lowest BCUT2D eigenvalue weighted by Crippen LogP contribution is -1.77. The van der Waals surface area contributed by atoms with E-state index in [1.54, 1.807) is 24.3 Å². The summed E-state index contributed by atoms with van der Waals surface area (Å²) in [6.45, 7) is 2.02. The van der Waals surface area contributed by atoms with Gasteiger partial charge >= 0.3 is 0 Å². The summed E-state index contributed by atoms with van der Waals surface area (Å²) >= 11 is 0. The summed E-state index contributed by atoms with van der Waals surface area (Å²) < 4.78 is 12.5. The van der Waals surface area contributed by atoms with Crippen LogP contribution in [0.15, 0.2) is 75.6 Å². The van der Waals surface area contributed by atoms with Crippen molar-refractivity contribution in [2.24, 2.45) is 0 Å². The van der Waals surface area contributed by atoms with E-state index in [1.807, 2.05) is 31.2 Å². The number of benzene rings is 5. The van der Waals surface area contributed by atoms with Crippen LogP contribution in [-0.2, 0) is 0 Å². The Morgan fingerprint density at radius 1 is 0.516 bits per heavy atom. The minimum Gasteiger partial charge on any atom is -0.508 e. The molecule has 0 aliphatic heterocycles. The Hall–Kier alpha value is -4.18. The molecule has 0 fully saturated rings. The highest BCUT2D eigenvalue weighted by molar-refractivity contribution is 6.19. The largest absolute Gasteiger partial charge is 0.508 e. The molecule has 0 saturated carbocycles. The molecule has 2 heterocycles. The van der Waals surface area contributed by atoms with Crippen molar-refractivity contribution < 1.29 is 19.0 Å². The Morgan fingerprint density at radius 3 is 1.48 bits per heavy atom. The third-order valence-electron chi connectivity index (χ3n) is 6.31. The number of rotatable bonds is 0. The van der Waals surface area contributed by atoms with E-state index < -0.39 is 0 Å². The van der Waals surface area contributed by atoms with E-state index >= 15 is 0 Å². The van der Waals surface area contributed by atoms with Crippen LogP contribution < -0.4 is 0 Å². The molecule has 7 aromatic rings. The number of hydrogen-bond donors (Lipinski definition) is 2.